The van der Waals surface area contributed by atoms with Gasteiger partial charge in [0.05, 0.1) is 18.2 Å². The van der Waals surface area contributed by atoms with Gasteiger partial charge in [0.15, 0.2) is 0 Å². The van der Waals surface area contributed by atoms with E-state index >= 15 is 0 Å². The molecule has 1 fully saturated rings. The molecule has 5 heteroatoms. The van der Waals surface area contributed by atoms with Gasteiger partial charge in [0.25, 0.3) is 0 Å². The van der Waals surface area contributed by atoms with Crippen LogP contribution in [-0.2, 0) is 0 Å². The summed E-state index contributed by atoms with van der Waals surface area (Å²) in [5, 5.41) is 10.2. The van der Waals surface area contributed by atoms with E-state index in [9.17, 15) is 5.11 Å². The molecule has 0 aliphatic carbocycles. The first-order valence-electron chi connectivity index (χ1n) is 6.46. The number of rotatable bonds is 4. The van der Waals surface area contributed by atoms with Gasteiger partial charge in [-0.3, -0.25) is 0 Å². The van der Waals surface area contributed by atoms with Crippen molar-refractivity contribution in [2.75, 3.05) is 18.1 Å². The van der Waals surface area contributed by atoms with Gasteiger partial charge in [-0.25, -0.2) is 9.97 Å². The van der Waals surface area contributed by atoms with Crippen molar-refractivity contribution in [3.63, 3.8) is 0 Å². The second-order valence-electron chi connectivity index (χ2n) is 5.15. The lowest BCUT2D eigenvalue weighted by molar-refractivity contribution is 0.0532. The molecule has 1 atom stereocenters. The van der Waals surface area contributed by atoms with Crippen molar-refractivity contribution in [3.05, 3.63) is 12.4 Å². The molecule has 0 amide bonds. The van der Waals surface area contributed by atoms with Gasteiger partial charge in [-0.05, 0) is 33.6 Å². The minimum atomic E-state index is -0.729. The Morgan fingerprint density at radius 2 is 2.28 bits per heavy atom. The maximum absolute atomic E-state index is 10.2. The second-order valence-corrected chi connectivity index (χ2v) is 5.15. The Labute approximate surface area is 108 Å². The zero-order valence-corrected chi connectivity index (χ0v) is 11.3. The number of aliphatic hydroxyl groups is 1. The van der Waals surface area contributed by atoms with E-state index in [1.165, 1.54) is 6.33 Å². The van der Waals surface area contributed by atoms with Gasteiger partial charge in [-0.15, -0.1) is 0 Å². The van der Waals surface area contributed by atoms with E-state index in [-0.39, 0.29) is 6.04 Å². The molecule has 100 valence electrons. The summed E-state index contributed by atoms with van der Waals surface area (Å²) in [6.07, 6.45) is 3.57. The van der Waals surface area contributed by atoms with Crippen LogP contribution in [0.3, 0.4) is 0 Å². The minimum Gasteiger partial charge on any atom is -0.478 e. The second kappa shape index (κ2) is 5.10. The van der Waals surface area contributed by atoms with Crippen molar-refractivity contribution in [2.45, 2.75) is 45.3 Å². The molecular weight excluding hydrogens is 230 g/mol. The maximum Gasteiger partial charge on any atom is 0.218 e. The fraction of sp³-hybridized carbons (Fsp3) is 0.692. The minimum absolute atomic E-state index is 0.0990. The Morgan fingerprint density at radius 1 is 1.50 bits per heavy atom. The Kier molecular flexibility index (Phi) is 3.71. The third-order valence-electron chi connectivity index (χ3n) is 3.28. The van der Waals surface area contributed by atoms with Gasteiger partial charge in [-0.1, -0.05) is 0 Å². The van der Waals surface area contributed by atoms with Crippen LogP contribution in [0.1, 0.15) is 33.6 Å². The van der Waals surface area contributed by atoms with Crippen molar-refractivity contribution < 1.29 is 9.84 Å². The average molecular weight is 251 g/mol. The summed E-state index contributed by atoms with van der Waals surface area (Å²) in [5.74, 6) is 1.42. The van der Waals surface area contributed by atoms with E-state index in [2.05, 4.69) is 14.9 Å². The largest absolute Gasteiger partial charge is 0.478 e. The van der Waals surface area contributed by atoms with Crippen LogP contribution in [0, 0.1) is 0 Å². The van der Waals surface area contributed by atoms with Crippen LogP contribution in [0.5, 0.6) is 5.88 Å². The van der Waals surface area contributed by atoms with Gasteiger partial charge in [0.1, 0.15) is 12.1 Å². The zero-order valence-electron chi connectivity index (χ0n) is 11.3. The fourth-order valence-electron chi connectivity index (χ4n) is 2.49. The van der Waals surface area contributed by atoms with Crippen molar-refractivity contribution in [2.24, 2.45) is 0 Å². The average Bonchev–Trinajstić information content (AvgIpc) is 2.78. The highest BCUT2D eigenvalue weighted by Crippen LogP contribution is 2.31. The van der Waals surface area contributed by atoms with Crippen molar-refractivity contribution in [3.8, 4) is 5.88 Å². The molecule has 0 spiro atoms. The molecule has 1 aromatic rings. The lowest BCUT2D eigenvalue weighted by Gasteiger charge is -2.34. The molecule has 0 bridgehead atoms. The summed E-state index contributed by atoms with van der Waals surface area (Å²) >= 11 is 0. The highest BCUT2D eigenvalue weighted by atomic mass is 16.5. The number of hydrogen-bond acceptors (Lipinski definition) is 5. The number of nitrogens with zero attached hydrogens (tertiary/aromatic N) is 3. The summed E-state index contributed by atoms with van der Waals surface area (Å²) in [6.45, 7) is 7.13. The molecule has 1 N–H and O–H groups in total. The van der Waals surface area contributed by atoms with Crippen LogP contribution in [0.4, 0.5) is 5.82 Å². The molecule has 1 aliphatic heterocycles. The highest BCUT2D eigenvalue weighted by Gasteiger charge is 2.36. The van der Waals surface area contributed by atoms with E-state index in [0.29, 0.717) is 12.5 Å². The normalized spacial score (nSPS) is 20.2. The summed E-state index contributed by atoms with van der Waals surface area (Å²) in [4.78, 5) is 10.5. The van der Waals surface area contributed by atoms with Crippen LogP contribution in [0.25, 0.3) is 0 Å². The van der Waals surface area contributed by atoms with Crippen LogP contribution in [0.2, 0.25) is 0 Å². The molecular formula is C13H21N3O2. The number of hydrogen-bond donors (Lipinski definition) is 1. The zero-order chi connectivity index (χ0) is 13.2. The third kappa shape index (κ3) is 2.72. The molecule has 1 aliphatic rings. The van der Waals surface area contributed by atoms with Crippen molar-refractivity contribution in [1.82, 2.24) is 9.97 Å². The van der Waals surface area contributed by atoms with Gasteiger partial charge < -0.3 is 14.7 Å². The SMILES string of the molecule is CCOc1cc(N2CCC[C@@H]2C(C)(C)O)ncn1. The number of anilines is 1. The van der Waals surface area contributed by atoms with Crippen LogP contribution in [-0.4, -0.2) is 39.9 Å². The molecule has 2 heterocycles. The first kappa shape index (κ1) is 13.1. The highest BCUT2D eigenvalue weighted by molar-refractivity contribution is 5.44. The summed E-state index contributed by atoms with van der Waals surface area (Å²) < 4.78 is 5.39. The molecule has 0 unspecified atom stereocenters. The summed E-state index contributed by atoms with van der Waals surface area (Å²) in [6, 6.07) is 1.94. The Balaban J connectivity index is 2.22. The Bertz CT molecular complexity index is 403. The number of ether oxygens (including phenoxy) is 1. The van der Waals surface area contributed by atoms with Gasteiger partial charge >= 0.3 is 0 Å². The van der Waals surface area contributed by atoms with Crippen LogP contribution < -0.4 is 9.64 Å². The topological polar surface area (TPSA) is 58.5 Å². The van der Waals surface area contributed by atoms with E-state index < -0.39 is 5.60 Å². The predicted octanol–water partition coefficient (Wildman–Crippen LogP) is 1.61. The Morgan fingerprint density at radius 3 is 2.94 bits per heavy atom. The molecule has 2 rings (SSSR count). The van der Waals surface area contributed by atoms with E-state index in [4.69, 9.17) is 4.74 Å². The molecule has 0 radical (unpaired) electrons. The molecule has 1 aromatic heterocycles. The van der Waals surface area contributed by atoms with Crippen molar-refractivity contribution in [1.29, 1.82) is 0 Å². The lowest BCUT2D eigenvalue weighted by atomic mass is 9.97. The molecule has 1 saturated heterocycles. The Hall–Kier alpha value is -1.36. The first-order valence-corrected chi connectivity index (χ1v) is 6.46. The third-order valence-corrected chi connectivity index (χ3v) is 3.28. The van der Waals surface area contributed by atoms with E-state index in [0.717, 1.165) is 25.2 Å². The van der Waals surface area contributed by atoms with E-state index in [1.807, 2.05) is 26.8 Å². The smallest absolute Gasteiger partial charge is 0.218 e. The van der Waals surface area contributed by atoms with Gasteiger partial charge in [0, 0.05) is 12.6 Å². The standard InChI is InChI=1S/C13H21N3O2/c1-4-18-12-8-11(14-9-15-12)16-7-5-6-10(16)13(2,3)17/h8-10,17H,4-7H2,1-3H3/t10-/m1/s1. The van der Waals surface area contributed by atoms with Crippen LogP contribution >= 0.6 is 0 Å². The van der Waals surface area contributed by atoms with E-state index in [1.54, 1.807) is 0 Å². The fourth-order valence-corrected chi connectivity index (χ4v) is 2.49. The molecule has 5 nitrogen and oxygen atoms in total. The quantitative estimate of drug-likeness (QED) is 0.881. The number of aromatic nitrogens is 2. The van der Waals surface area contributed by atoms with Crippen molar-refractivity contribution >= 4 is 5.82 Å². The summed E-state index contributed by atoms with van der Waals surface area (Å²) in [5.41, 5.74) is -0.729. The first-order chi connectivity index (χ1) is 8.52. The molecule has 18 heavy (non-hydrogen) atoms. The molecule has 0 saturated carbocycles. The lowest BCUT2D eigenvalue weighted by Crippen LogP contribution is -2.46. The van der Waals surface area contributed by atoms with Gasteiger partial charge in [0.2, 0.25) is 5.88 Å². The predicted molar refractivity (Wildman–Crippen MR) is 69.9 cm³/mol. The van der Waals surface area contributed by atoms with Gasteiger partial charge in [-0.2, -0.15) is 0 Å². The monoisotopic (exact) mass is 251 g/mol. The maximum atomic E-state index is 10.2. The molecule has 0 aromatic carbocycles. The summed E-state index contributed by atoms with van der Waals surface area (Å²) in [7, 11) is 0. The van der Waals surface area contributed by atoms with Crippen LogP contribution in [0.15, 0.2) is 12.4 Å².